The molecule has 0 unspecified atom stereocenters. The highest BCUT2D eigenvalue weighted by Crippen LogP contribution is 2.27. The van der Waals surface area contributed by atoms with Crippen molar-refractivity contribution in [2.45, 2.75) is 33.2 Å². The van der Waals surface area contributed by atoms with Gasteiger partial charge in [-0.25, -0.2) is 9.97 Å². The fourth-order valence-electron chi connectivity index (χ4n) is 2.07. The van der Waals surface area contributed by atoms with E-state index in [0.717, 1.165) is 0 Å². The molecule has 1 aromatic rings. The zero-order chi connectivity index (χ0) is 14.0. The monoisotopic (exact) mass is 259 g/mol. The van der Waals surface area contributed by atoms with Crippen molar-refractivity contribution >= 4 is 11.7 Å². The summed E-state index contributed by atoms with van der Waals surface area (Å²) < 4.78 is 0. The van der Waals surface area contributed by atoms with Crippen LogP contribution in [0.5, 0.6) is 0 Å². The van der Waals surface area contributed by atoms with E-state index in [0.29, 0.717) is 30.3 Å². The summed E-state index contributed by atoms with van der Waals surface area (Å²) in [7, 11) is 0. The molecule has 1 atom stereocenters. The van der Waals surface area contributed by atoms with Gasteiger partial charge in [0, 0.05) is 24.4 Å². The average molecular weight is 259 g/mol. The molecular formula is C13H17N5O. The van der Waals surface area contributed by atoms with E-state index in [4.69, 9.17) is 5.26 Å². The van der Waals surface area contributed by atoms with Crippen LogP contribution in [-0.2, 0) is 11.2 Å². The molecule has 0 aromatic carbocycles. The zero-order valence-electron chi connectivity index (χ0n) is 11.3. The van der Waals surface area contributed by atoms with Crippen LogP contribution in [0.4, 0.5) is 5.82 Å². The molecule has 0 saturated carbocycles. The summed E-state index contributed by atoms with van der Waals surface area (Å²) in [5, 5.41) is 14.9. The Hall–Kier alpha value is -2.16. The first-order valence-electron chi connectivity index (χ1n) is 6.28. The lowest BCUT2D eigenvalue weighted by Crippen LogP contribution is -2.38. The van der Waals surface area contributed by atoms with Gasteiger partial charge in [-0.2, -0.15) is 5.26 Å². The third-order valence-electron chi connectivity index (χ3n) is 3.26. The minimum absolute atomic E-state index is 0.0415. The van der Waals surface area contributed by atoms with Crippen LogP contribution < -0.4 is 10.6 Å². The molecule has 1 fully saturated rings. The maximum Gasteiger partial charge on any atom is 0.243 e. The van der Waals surface area contributed by atoms with Gasteiger partial charge in [-0.1, -0.05) is 20.8 Å². The van der Waals surface area contributed by atoms with Gasteiger partial charge in [0.05, 0.1) is 0 Å². The number of carbonyl (C=O) groups is 1. The van der Waals surface area contributed by atoms with Gasteiger partial charge in [-0.3, -0.25) is 4.79 Å². The number of anilines is 1. The Morgan fingerprint density at radius 3 is 2.84 bits per heavy atom. The predicted molar refractivity (Wildman–Crippen MR) is 70.3 cm³/mol. The van der Waals surface area contributed by atoms with Crippen molar-refractivity contribution in [3.8, 4) is 6.07 Å². The van der Waals surface area contributed by atoms with E-state index in [1.165, 1.54) is 0 Å². The number of hydrogen-bond acceptors (Lipinski definition) is 5. The van der Waals surface area contributed by atoms with E-state index in [1.54, 1.807) is 6.07 Å². The van der Waals surface area contributed by atoms with Crippen LogP contribution in [-0.4, -0.2) is 28.5 Å². The molecule has 0 spiro atoms. The molecule has 2 heterocycles. The van der Waals surface area contributed by atoms with Gasteiger partial charge in [0.25, 0.3) is 0 Å². The Morgan fingerprint density at radius 2 is 2.32 bits per heavy atom. The van der Waals surface area contributed by atoms with E-state index in [-0.39, 0.29) is 17.4 Å². The van der Waals surface area contributed by atoms with E-state index in [2.05, 4.69) is 20.6 Å². The van der Waals surface area contributed by atoms with Crippen LogP contribution in [0.1, 0.15) is 32.3 Å². The van der Waals surface area contributed by atoms with Gasteiger partial charge < -0.3 is 10.6 Å². The first-order valence-corrected chi connectivity index (χ1v) is 6.28. The van der Waals surface area contributed by atoms with Crippen molar-refractivity contribution in [2.24, 2.45) is 5.41 Å². The SMILES string of the molecule is CCc1nc(C#N)cc(N[C@@H]2C(=O)NCC2(C)C)n1. The molecule has 1 aromatic heterocycles. The van der Waals surface area contributed by atoms with Crippen molar-refractivity contribution < 1.29 is 4.79 Å². The molecule has 6 nitrogen and oxygen atoms in total. The molecule has 1 saturated heterocycles. The number of carbonyl (C=O) groups excluding carboxylic acids is 1. The minimum atomic E-state index is -0.348. The maximum atomic E-state index is 11.8. The Morgan fingerprint density at radius 1 is 1.58 bits per heavy atom. The molecule has 0 radical (unpaired) electrons. The summed E-state index contributed by atoms with van der Waals surface area (Å²) in [4.78, 5) is 20.2. The second kappa shape index (κ2) is 4.84. The number of rotatable bonds is 3. The summed E-state index contributed by atoms with van der Waals surface area (Å²) >= 11 is 0. The second-order valence-electron chi connectivity index (χ2n) is 5.30. The number of hydrogen-bond donors (Lipinski definition) is 2. The van der Waals surface area contributed by atoms with Crippen molar-refractivity contribution in [2.75, 3.05) is 11.9 Å². The third-order valence-corrected chi connectivity index (χ3v) is 3.26. The molecular weight excluding hydrogens is 242 g/mol. The number of nitrogens with zero attached hydrogens (tertiary/aromatic N) is 3. The minimum Gasteiger partial charge on any atom is -0.358 e. The summed E-state index contributed by atoms with van der Waals surface area (Å²) in [5.41, 5.74) is 0.117. The van der Waals surface area contributed by atoms with Crippen molar-refractivity contribution in [3.63, 3.8) is 0 Å². The molecule has 6 heteroatoms. The van der Waals surface area contributed by atoms with Crippen molar-refractivity contribution in [3.05, 3.63) is 17.6 Å². The summed E-state index contributed by atoms with van der Waals surface area (Å²) in [6.45, 7) is 6.57. The van der Waals surface area contributed by atoms with E-state index >= 15 is 0 Å². The van der Waals surface area contributed by atoms with Crippen molar-refractivity contribution in [1.82, 2.24) is 15.3 Å². The lowest BCUT2D eigenvalue weighted by atomic mass is 9.87. The van der Waals surface area contributed by atoms with Gasteiger partial charge in [0.2, 0.25) is 5.91 Å². The van der Waals surface area contributed by atoms with Crippen LogP contribution in [0.25, 0.3) is 0 Å². The molecule has 19 heavy (non-hydrogen) atoms. The largest absolute Gasteiger partial charge is 0.358 e. The summed E-state index contributed by atoms with van der Waals surface area (Å²) in [5.74, 6) is 1.08. The predicted octanol–water partition coefficient (Wildman–Crippen LogP) is 0.847. The molecule has 0 bridgehead atoms. The summed E-state index contributed by atoms with van der Waals surface area (Å²) in [6.07, 6.45) is 0.643. The number of nitriles is 1. The van der Waals surface area contributed by atoms with Gasteiger partial charge in [0.1, 0.15) is 29.4 Å². The van der Waals surface area contributed by atoms with Crippen LogP contribution in [0, 0.1) is 16.7 Å². The van der Waals surface area contributed by atoms with Crippen molar-refractivity contribution in [1.29, 1.82) is 5.26 Å². The molecule has 2 N–H and O–H groups in total. The topological polar surface area (TPSA) is 90.7 Å². The number of aromatic nitrogens is 2. The van der Waals surface area contributed by atoms with Crippen LogP contribution >= 0.6 is 0 Å². The van der Waals surface area contributed by atoms with E-state index in [9.17, 15) is 4.79 Å². The number of aryl methyl sites for hydroxylation is 1. The third kappa shape index (κ3) is 2.65. The zero-order valence-corrected chi connectivity index (χ0v) is 11.3. The number of amides is 1. The second-order valence-corrected chi connectivity index (χ2v) is 5.30. The first kappa shape index (κ1) is 13.3. The molecule has 1 aliphatic rings. The van der Waals surface area contributed by atoms with E-state index < -0.39 is 0 Å². The molecule has 1 amide bonds. The smallest absolute Gasteiger partial charge is 0.243 e. The van der Waals surface area contributed by atoms with Gasteiger partial charge >= 0.3 is 0 Å². The maximum absolute atomic E-state index is 11.8. The van der Waals surface area contributed by atoms with Gasteiger partial charge in [-0.05, 0) is 0 Å². The van der Waals surface area contributed by atoms with Gasteiger partial charge in [0.15, 0.2) is 0 Å². The number of nitrogens with one attached hydrogen (secondary N) is 2. The Balaban J connectivity index is 2.28. The highest BCUT2D eigenvalue weighted by Gasteiger charge is 2.41. The van der Waals surface area contributed by atoms with E-state index in [1.807, 2.05) is 26.8 Å². The lowest BCUT2D eigenvalue weighted by Gasteiger charge is -2.25. The highest BCUT2D eigenvalue weighted by atomic mass is 16.2. The molecule has 0 aliphatic carbocycles. The van der Waals surface area contributed by atoms with Crippen LogP contribution in [0.3, 0.4) is 0 Å². The molecule has 2 rings (SSSR count). The fourth-order valence-corrected chi connectivity index (χ4v) is 2.07. The van der Waals surface area contributed by atoms with Crippen LogP contribution in [0.2, 0.25) is 0 Å². The lowest BCUT2D eigenvalue weighted by molar-refractivity contribution is -0.120. The Bertz CT molecular complexity index is 546. The molecule has 1 aliphatic heterocycles. The first-order chi connectivity index (χ1) is 8.96. The van der Waals surface area contributed by atoms with Crippen LogP contribution in [0.15, 0.2) is 6.07 Å². The Labute approximate surface area is 112 Å². The Kier molecular flexibility index (Phi) is 3.38. The summed E-state index contributed by atoms with van der Waals surface area (Å²) in [6, 6.07) is 3.23. The fraction of sp³-hybridized carbons (Fsp3) is 0.538. The molecule has 100 valence electrons. The van der Waals surface area contributed by atoms with Gasteiger partial charge in [-0.15, -0.1) is 0 Å². The average Bonchev–Trinajstić information content (AvgIpc) is 2.65. The highest BCUT2D eigenvalue weighted by molar-refractivity contribution is 5.87. The quantitative estimate of drug-likeness (QED) is 0.839. The standard InChI is InChI=1S/C13H17N5O/c1-4-9-16-8(6-14)5-10(17-9)18-11-12(19)15-7-13(11,2)3/h5,11H,4,7H2,1-3H3,(H,15,19)(H,16,17,18)/t11-/m1/s1. The normalized spacial score (nSPS) is 20.7.